The third-order valence-corrected chi connectivity index (χ3v) is 4.92. The highest BCUT2D eigenvalue weighted by atomic mass is 16.5. The van der Waals surface area contributed by atoms with Gasteiger partial charge in [0.1, 0.15) is 0 Å². The highest BCUT2D eigenvalue weighted by Gasteiger charge is 2.39. The van der Waals surface area contributed by atoms with Gasteiger partial charge in [0.05, 0.1) is 12.5 Å². The van der Waals surface area contributed by atoms with Crippen molar-refractivity contribution in [3.8, 4) is 0 Å². The van der Waals surface area contributed by atoms with E-state index in [9.17, 15) is 9.90 Å². The van der Waals surface area contributed by atoms with E-state index in [1.54, 1.807) is 12.0 Å². The van der Waals surface area contributed by atoms with Crippen molar-refractivity contribution in [2.24, 2.45) is 5.92 Å². The smallest absolute Gasteiger partial charge is 0.254 e. The summed E-state index contributed by atoms with van der Waals surface area (Å²) in [6, 6.07) is 5.86. The summed E-state index contributed by atoms with van der Waals surface area (Å²) in [5.41, 5.74) is 2.70. The van der Waals surface area contributed by atoms with Crippen LogP contribution in [0.5, 0.6) is 0 Å². The summed E-state index contributed by atoms with van der Waals surface area (Å²) < 4.78 is 10.4. The van der Waals surface area contributed by atoms with Crippen LogP contribution in [-0.2, 0) is 11.2 Å². The zero-order valence-electron chi connectivity index (χ0n) is 15.4. The summed E-state index contributed by atoms with van der Waals surface area (Å²) in [5, 5.41) is 13.7. The van der Waals surface area contributed by atoms with E-state index in [1.165, 1.54) is 0 Å². The number of rotatable bonds is 6. The van der Waals surface area contributed by atoms with Crippen molar-refractivity contribution in [3.63, 3.8) is 0 Å². The first-order valence-electron chi connectivity index (χ1n) is 8.82. The third kappa shape index (κ3) is 3.78. The number of carbonyl (C=O) groups excluding carboxylic acids is 1. The monoisotopic (exact) mass is 359 g/mol. The van der Waals surface area contributed by atoms with E-state index in [0.29, 0.717) is 43.4 Å². The number of aryl methyl sites for hydroxylation is 2. The van der Waals surface area contributed by atoms with Crippen LogP contribution in [0.25, 0.3) is 0 Å². The van der Waals surface area contributed by atoms with Crippen LogP contribution in [0.3, 0.4) is 0 Å². The molecular weight excluding hydrogens is 334 g/mol. The fourth-order valence-corrected chi connectivity index (χ4v) is 3.35. The Hall–Kier alpha value is -2.25. The van der Waals surface area contributed by atoms with Gasteiger partial charge in [-0.2, -0.15) is 4.98 Å². The van der Waals surface area contributed by atoms with Gasteiger partial charge in [0.2, 0.25) is 5.89 Å². The maximum Gasteiger partial charge on any atom is 0.254 e. The standard InChI is InChI=1S/C19H25N3O4/c1-12-4-5-13(2)15(8-12)19(24)22-9-14(11-23)16(10-22)18-20-17(21-26-18)6-7-25-3/h4-5,8,14,16,23H,6-7,9-11H2,1-3H3. The number of methoxy groups -OCH3 is 1. The molecule has 2 unspecified atom stereocenters. The molecule has 1 aliphatic rings. The second kappa shape index (κ2) is 7.97. The van der Waals surface area contributed by atoms with E-state index in [0.717, 1.165) is 11.1 Å². The molecule has 1 amide bonds. The fourth-order valence-electron chi connectivity index (χ4n) is 3.35. The summed E-state index contributed by atoms with van der Waals surface area (Å²) in [6.45, 7) is 5.33. The SMILES string of the molecule is COCCc1noc(C2CN(C(=O)c3cc(C)ccc3C)CC2CO)n1. The first-order chi connectivity index (χ1) is 12.5. The van der Waals surface area contributed by atoms with Crippen molar-refractivity contribution in [3.05, 3.63) is 46.6 Å². The van der Waals surface area contributed by atoms with Gasteiger partial charge in [-0.25, -0.2) is 0 Å². The van der Waals surface area contributed by atoms with Gasteiger partial charge in [-0.3, -0.25) is 4.79 Å². The van der Waals surface area contributed by atoms with Gasteiger partial charge in [-0.1, -0.05) is 22.9 Å². The molecule has 0 aliphatic carbocycles. The molecule has 1 saturated heterocycles. The lowest BCUT2D eigenvalue weighted by molar-refractivity contribution is 0.0780. The zero-order chi connectivity index (χ0) is 18.7. The second-order valence-electron chi connectivity index (χ2n) is 6.87. The fraction of sp³-hybridized carbons (Fsp3) is 0.526. The Labute approximate surface area is 153 Å². The number of hydrogen-bond acceptors (Lipinski definition) is 6. The van der Waals surface area contributed by atoms with Crippen LogP contribution < -0.4 is 0 Å². The second-order valence-corrected chi connectivity index (χ2v) is 6.87. The van der Waals surface area contributed by atoms with E-state index in [-0.39, 0.29) is 24.3 Å². The average Bonchev–Trinajstić information content (AvgIpc) is 3.27. The summed E-state index contributed by atoms with van der Waals surface area (Å²) >= 11 is 0. The van der Waals surface area contributed by atoms with Crippen molar-refractivity contribution in [2.75, 3.05) is 33.4 Å². The van der Waals surface area contributed by atoms with Crippen molar-refractivity contribution >= 4 is 5.91 Å². The molecule has 0 spiro atoms. The molecule has 0 bridgehead atoms. The molecular formula is C19H25N3O4. The molecule has 26 heavy (non-hydrogen) atoms. The molecule has 1 fully saturated rings. The predicted molar refractivity (Wildman–Crippen MR) is 95.0 cm³/mol. The number of aliphatic hydroxyl groups is 1. The van der Waals surface area contributed by atoms with E-state index in [1.807, 2.05) is 32.0 Å². The first kappa shape index (κ1) is 18.5. The molecule has 1 aliphatic heterocycles. The van der Waals surface area contributed by atoms with Crippen LogP contribution in [0.15, 0.2) is 22.7 Å². The Morgan fingerprint density at radius 2 is 2.19 bits per heavy atom. The highest BCUT2D eigenvalue weighted by molar-refractivity contribution is 5.96. The maximum atomic E-state index is 13.0. The molecule has 2 atom stereocenters. The van der Waals surface area contributed by atoms with E-state index in [2.05, 4.69) is 10.1 Å². The van der Waals surface area contributed by atoms with E-state index < -0.39 is 0 Å². The van der Waals surface area contributed by atoms with Crippen LogP contribution in [0.2, 0.25) is 0 Å². The van der Waals surface area contributed by atoms with Crippen LogP contribution >= 0.6 is 0 Å². The van der Waals surface area contributed by atoms with Gasteiger partial charge in [-0.15, -0.1) is 0 Å². The molecule has 3 rings (SSSR count). The maximum absolute atomic E-state index is 13.0. The largest absolute Gasteiger partial charge is 0.396 e. The number of hydrogen-bond donors (Lipinski definition) is 1. The zero-order valence-corrected chi connectivity index (χ0v) is 15.4. The Morgan fingerprint density at radius 3 is 2.92 bits per heavy atom. The number of carbonyl (C=O) groups is 1. The molecule has 1 N–H and O–H groups in total. The first-order valence-corrected chi connectivity index (χ1v) is 8.82. The van der Waals surface area contributed by atoms with Crippen molar-refractivity contribution < 1.29 is 19.2 Å². The van der Waals surface area contributed by atoms with E-state index in [4.69, 9.17) is 9.26 Å². The van der Waals surface area contributed by atoms with Gasteiger partial charge in [0.25, 0.3) is 5.91 Å². The summed E-state index contributed by atoms with van der Waals surface area (Å²) in [7, 11) is 1.62. The van der Waals surface area contributed by atoms with E-state index >= 15 is 0 Å². The molecule has 1 aromatic carbocycles. The van der Waals surface area contributed by atoms with Crippen molar-refractivity contribution in [2.45, 2.75) is 26.2 Å². The Balaban J connectivity index is 1.77. The number of nitrogens with zero attached hydrogens (tertiary/aromatic N) is 3. The molecule has 7 heteroatoms. The number of benzene rings is 1. The van der Waals surface area contributed by atoms with Crippen molar-refractivity contribution in [1.82, 2.24) is 15.0 Å². The Bertz CT molecular complexity index is 774. The molecule has 0 radical (unpaired) electrons. The summed E-state index contributed by atoms with van der Waals surface area (Å²) in [4.78, 5) is 19.2. The highest BCUT2D eigenvalue weighted by Crippen LogP contribution is 2.32. The lowest BCUT2D eigenvalue weighted by Crippen LogP contribution is -2.29. The lowest BCUT2D eigenvalue weighted by Gasteiger charge is -2.17. The Morgan fingerprint density at radius 1 is 1.38 bits per heavy atom. The number of amides is 1. The number of aliphatic hydroxyl groups excluding tert-OH is 1. The topological polar surface area (TPSA) is 88.7 Å². The quantitative estimate of drug-likeness (QED) is 0.845. The van der Waals surface area contributed by atoms with Crippen LogP contribution in [0.4, 0.5) is 0 Å². The van der Waals surface area contributed by atoms with Crippen LogP contribution in [0, 0.1) is 19.8 Å². The van der Waals surface area contributed by atoms with Crippen LogP contribution in [-0.4, -0.2) is 59.5 Å². The number of likely N-dealkylation sites (tertiary alicyclic amines) is 1. The predicted octanol–water partition coefficient (Wildman–Crippen LogP) is 1.72. The summed E-state index contributed by atoms with van der Waals surface area (Å²) in [5.74, 6) is 0.771. The van der Waals surface area contributed by atoms with Gasteiger partial charge in [-0.05, 0) is 25.5 Å². The van der Waals surface area contributed by atoms with Gasteiger partial charge < -0.3 is 19.3 Å². The summed E-state index contributed by atoms with van der Waals surface area (Å²) in [6.07, 6.45) is 0.571. The lowest BCUT2D eigenvalue weighted by atomic mass is 9.97. The molecule has 7 nitrogen and oxygen atoms in total. The Kier molecular flexibility index (Phi) is 5.68. The minimum atomic E-state index is -0.155. The molecule has 140 valence electrons. The van der Waals surface area contributed by atoms with Crippen molar-refractivity contribution in [1.29, 1.82) is 0 Å². The minimum Gasteiger partial charge on any atom is -0.396 e. The average molecular weight is 359 g/mol. The molecule has 2 heterocycles. The molecule has 1 aromatic heterocycles. The van der Waals surface area contributed by atoms with Crippen LogP contribution in [0.1, 0.15) is 39.1 Å². The number of aromatic nitrogens is 2. The third-order valence-electron chi connectivity index (χ3n) is 4.92. The molecule has 2 aromatic rings. The van der Waals surface area contributed by atoms with Gasteiger partial charge >= 0.3 is 0 Å². The molecule has 0 saturated carbocycles. The number of ether oxygens (including phenoxy) is 1. The minimum absolute atomic E-state index is 0.0220. The normalized spacial score (nSPS) is 19.9. The van der Waals surface area contributed by atoms with Gasteiger partial charge in [0.15, 0.2) is 5.82 Å². The van der Waals surface area contributed by atoms with Gasteiger partial charge in [0, 0.05) is 44.7 Å².